The zero-order chi connectivity index (χ0) is 20.3. The van der Waals surface area contributed by atoms with Gasteiger partial charge in [0.15, 0.2) is 5.82 Å². The number of amides is 2. The fourth-order valence-electron chi connectivity index (χ4n) is 3.30. The van der Waals surface area contributed by atoms with Gasteiger partial charge >= 0.3 is 6.09 Å². The van der Waals surface area contributed by atoms with Gasteiger partial charge in [0.05, 0.1) is 24.3 Å². The van der Waals surface area contributed by atoms with Gasteiger partial charge in [0.2, 0.25) is 5.91 Å². The van der Waals surface area contributed by atoms with Gasteiger partial charge in [-0.3, -0.25) is 4.79 Å². The van der Waals surface area contributed by atoms with Crippen LogP contribution in [0.4, 0.5) is 10.5 Å². The van der Waals surface area contributed by atoms with E-state index in [1.54, 1.807) is 4.90 Å². The smallest absolute Gasteiger partial charge is 0.409 e. The average molecular weight is 386 g/mol. The van der Waals surface area contributed by atoms with Crippen molar-refractivity contribution in [3.8, 4) is 11.5 Å². The van der Waals surface area contributed by atoms with Gasteiger partial charge in [0.1, 0.15) is 0 Å². The molecule has 0 bridgehead atoms. The third-order valence-electron chi connectivity index (χ3n) is 4.93. The number of methoxy groups -OCH3 is 1. The quantitative estimate of drug-likeness (QED) is 0.862. The van der Waals surface area contributed by atoms with Crippen molar-refractivity contribution in [1.29, 1.82) is 0 Å². The van der Waals surface area contributed by atoms with Crippen molar-refractivity contribution in [1.82, 2.24) is 15.0 Å². The number of aryl methyl sites for hydroxylation is 1. The van der Waals surface area contributed by atoms with Gasteiger partial charge in [-0.05, 0) is 31.4 Å². The van der Waals surface area contributed by atoms with Gasteiger partial charge in [-0.15, -0.1) is 0 Å². The highest BCUT2D eigenvalue weighted by molar-refractivity contribution is 5.97. The summed E-state index contributed by atoms with van der Waals surface area (Å²) in [4.78, 5) is 30.7. The Labute approximate surface area is 164 Å². The van der Waals surface area contributed by atoms with E-state index in [9.17, 15) is 9.59 Å². The Kier molecular flexibility index (Phi) is 5.96. The molecule has 1 aliphatic heterocycles. The zero-order valence-corrected chi connectivity index (χ0v) is 16.7. The molecule has 0 spiro atoms. The third kappa shape index (κ3) is 4.16. The van der Waals surface area contributed by atoms with Gasteiger partial charge in [0.25, 0.3) is 5.89 Å². The summed E-state index contributed by atoms with van der Waals surface area (Å²) in [5, 5.41) is 7.03. The normalized spacial score (nSPS) is 16.9. The van der Waals surface area contributed by atoms with Gasteiger partial charge in [-0.1, -0.05) is 31.1 Å². The van der Waals surface area contributed by atoms with Crippen molar-refractivity contribution in [2.75, 3.05) is 25.5 Å². The van der Waals surface area contributed by atoms with E-state index in [2.05, 4.69) is 15.5 Å². The van der Waals surface area contributed by atoms with Gasteiger partial charge in [-0.25, -0.2) is 4.79 Å². The molecule has 1 fully saturated rings. The molecule has 8 heteroatoms. The Balaban J connectivity index is 1.82. The monoisotopic (exact) mass is 386 g/mol. The van der Waals surface area contributed by atoms with Gasteiger partial charge < -0.3 is 19.5 Å². The van der Waals surface area contributed by atoms with E-state index >= 15 is 0 Å². The van der Waals surface area contributed by atoms with Crippen LogP contribution in [0.2, 0.25) is 0 Å². The molecule has 1 aromatic carbocycles. The molecule has 150 valence electrons. The zero-order valence-electron chi connectivity index (χ0n) is 16.7. The number of likely N-dealkylation sites (tertiary alicyclic amines) is 1. The number of piperidine rings is 1. The summed E-state index contributed by atoms with van der Waals surface area (Å²) < 4.78 is 10.2. The van der Waals surface area contributed by atoms with Crippen LogP contribution in [0, 0.1) is 12.8 Å². The number of carbonyl (C=O) groups excluding carboxylic acids is 2. The number of hydrogen-bond acceptors (Lipinski definition) is 6. The van der Waals surface area contributed by atoms with E-state index in [0.717, 1.165) is 18.4 Å². The van der Waals surface area contributed by atoms with Crippen LogP contribution < -0.4 is 5.32 Å². The second-order valence-electron chi connectivity index (χ2n) is 7.35. The first kappa shape index (κ1) is 19.9. The van der Waals surface area contributed by atoms with Crippen molar-refractivity contribution in [3.05, 3.63) is 29.6 Å². The molecular formula is C20H26N4O4. The number of anilines is 1. The van der Waals surface area contributed by atoms with Crippen LogP contribution in [-0.2, 0) is 9.53 Å². The molecule has 1 N–H and O–H groups in total. The number of hydrogen-bond donors (Lipinski definition) is 1. The number of aromatic nitrogens is 2. The molecule has 1 aliphatic rings. The summed E-state index contributed by atoms with van der Waals surface area (Å²) in [6.07, 6.45) is 1.08. The van der Waals surface area contributed by atoms with E-state index in [0.29, 0.717) is 36.1 Å². The maximum absolute atomic E-state index is 12.9. The van der Waals surface area contributed by atoms with Crippen LogP contribution in [0.5, 0.6) is 0 Å². The number of benzene rings is 1. The van der Waals surface area contributed by atoms with Crippen LogP contribution in [0.25, 0.3) is 11.5 Å². The average Bonchev–Trinajstić information content (AvgIpc) is 3.19. The Hall–Kier alpha value is -2.90. The van der Waals surface area contributed by atoms with Crippen molar-refractivity contribution in [2.45, 2.75) is 39.5 Å². The summed E-state index contributed by atoms with van der Waals surface area (Å²) in [6.45, 7) is 6.84. The molecule has 0 saturated carbocycles. The van der Waals surface area contributed by atoms with Crippen LogP contribution in [0.3, 0.4) is 0 Å². The lowest BCUT2D eigenvalue weighted by atomic mass is 9.97. The molecule has 0 radical (unpaired) electrons. The number of para-hydroxylation sites is 1. The van der Waals surface area contributed by atoms with Crippen LogP contribution in [0.1, 0.15) is 44.0 Å². The highest BCUT2D eigenvalue weighted by atomic mass is 16.5. The topological polar surface area (TPSA) is 97.6 Å². The van der Waals surface area contributed by atoms with E-state index in [-0.39, 0.29) is 17.7 Å². The van der Waals surface area contributed by atoms with Crippen molar-refractivity contribution in [3.63, 3.8) is 0 Å². The number of rotatable bonds is 4. The molecule has 2 aromatic rings. The van der Waals surface area contributed by atoms with Gasteiger partial charge in [0, 0.05) is 19.0 Å². The van der Waals surface area contributed by atoms with Crippen LogP contribution in [0.15, 0.2) is 22.7 Å². The summed E-state index contributed by atoms with van der Waals surface area (Å²) in [6, 6.07) is 5.65. The molecule has 0 aliphatic carbocycles. The van der Waals surface area contributed by atoms with Crippen LogP contribution in [-0.4, -0.2) is 47.2 Å². The highest BCUT2D eigenvalue weighted by Gasteiger charge is 2.30. The summed E-state index contributed by atoms with van der Waals surface area (Å²) in [5.41, 5.74) is 2.24. The Morgan fingerprint density at radius 2 is 2.14 bits per heavy atom. The first-order chi connectivity index (χ1) is 13.4. The minimum absolute atomic E-state index is 0.132. The Bertz CT molecular complexity index is 862. The SMILES string of the molecule is COC(=O)N1CCCC(C(=O)Nc2c(C)cccc2-c2nc(C(C)C)no2)C1. The maximum atomic E-state index is 12.9. The summed E-state index contributed by atoms with van der Waals surface area (Å²) >= 11 is 0. The van der Waals surface area contributed by atoms with Crippen molar-refractivity contribution in [2.24, 2.45) is 5.92 Å². The summed E-state index contributed by atoms with van der Waals surface area (Å²) in [5.74, 6) is 0.714. The number of carbonyl (C=O) groups is 2. The molecule has 1 aromatic heterocycles. The fourth-order valence-corrected chi connectivity index (χ4v) is 3.30. The highest BCUT2D eigenvalue weighted by Crippen LogP contribution is 2.31. The Morgan fingerprint density at radius 3 is 2.82 bits per heavy atom. The molecule has 1 saturated heterocycles. The lowest BCUT2D eigenvalue weighted by Gasteiger charge is -2.31. The first-order valence-electron chi connectivity index (χ1n) is 9.48. The molecule has 28 heavy (non-hydrogen) atoms. The second kappa shape index (κ2) is 8.41. The molecule has 2 heterocycles. The predicted molar refractivity (Wildman–Crippen MR) is 104 cm³/mol. The second-order valence-corrected chi connectivity index (χ2v) is 7.35. The Morgan fingerprint density at radius 1 is 1.36 bits per heavy atom. The molecule has 3 rings (SSSR count). The molecule has 2 amide bonds. The fraction of sp³-hybridized carbons (Fsp3) is 0.500. The van der Waals surface area contributed by atoms with Crippen molar-refractivity contribution >= 4 is 17.7 Å². The lowest BCUT2D eigenvalue weighted by molar-refractivity contribution is -0.121. The van der Waals surface area contributed by atoms with E-state index in [1.807, 2.05) is 39.0 Å². The molecule has 1 unspecified atom stereocenters. The van der Waals surface area contributed by atoms with Gasteiger partial charge in [-0.2, -0.15) is 4.98 Å². The minimum atomic E-state index is -0.402. The first-order valence-corrected chi connectivity index (χ1v) is 9.48. The van der Waals surface area contributed by atoms with E-state index < -0.39 is 6.09 Å². The van der Waals surface area contributed by atoms with E-state index in [4.69, 9.17) is 9.26 Å². The number of nitrogens with one attached hydrogen (secondary N) is 1. The molecule has 1 atom stereocenters. The maximum Gasteiger partial charge on any atom is 0.409 e. The standard InChI is InChI=1S/C20H26N4O4/c1-12(2)17-22-19(28-23-17)15-9-5-7-13(3)16(15)21-18(25)14-8-6-10-24(11-14)20(26)27-4/h5,7,9,12,14H,6,8,10-11H2,1-4H3,(H,21,25). The van der Waals surface area contributed by atoms with Crippen LogP contribution >= 0.6 is 0 Å². The minimum Gasteiger partial charge on any atom is -0.453 e. The summed E-state index contributed by atoms with van der Waals surface area (Å²) in [7, 11) is 1.35. The third-order valence-corrected chi connectivity index (χ3v) is 4.93. The molecular weight excluding hydrogens is 360 g/mol. The number of nitrogens with zero attached hydrogens (tertiary/aromatic N) is 3. The predicted octanol–water partition coefficient (Wildman–Crippen LogP) is 3.59. The largest absolute Gasteiger partial charge is 0.453 e. The lowest BCUT2D eigenvalue weighted by Crippen LogP contribution is -2.43. The number of ether oxygens (including phenoxy) is 1. The van der Waals surface area contributed by atoms with E-state index in [1.165, 1.54) is 7.11 Å². The van der Waals surface area contributed by atoms with Crippen molar-refractivity contribution < 1.29 is 18.8 Å². The molecule has 8 nitrogen and oxygen atoms in total.